The van der Waals surface area contributed by atoms with Gasteiger partial charge in [0.05, 0.1) is 11.6 Å². The zero-order valence-electron chi connectivity index (χ0n) is 17.6. The first-order valence-electron chi connectivity index (χ1n) is 9.97. The lowest BCUT2D eigenvalue weighted by Gasteiger charge is -2.09. The standard InChI is InChI=1S/C23H17ClFN5O3/c1-28-19-20(27-22(28)33-17-10-9-16(24)15-4-3-11-26-18(15)17)29(2)23(32)30(21(19)31)12-13-5-7-14(25)8-6-13/h3-11H,12H2,1-2H3. The SMILES string of the molecule is Cn1c(Oc2ccc(Cl)c3cccnc23)nc2c1c(=O)n(Cc1ccc(F)cc1)c(=O)n2C. The highest BCUT2D eigenvalue weighted by atomic mass is 35.5. The number of ether oxygens (including phenoxy) is 1. The molecular weight excluding hydrogens is 449 g/mol. The zero-order valence-corrected chi connectivity index (χ0v) is 18.4. The van der Waals surface area contributed by atoms with Gasteiger partial charge in [0, 0.05) is 25.7 Å². The molecule has 0 aliphatic carbocycles. The van der Waals surface area contributed by atoms with Crippen molar-refractivity contribution in [1.82, 2.24) is 23.7 Å². The molecule has 0 atom stereocenters. The van der Waals surface area contributed by atoms with Crippen LogP contribution in [-0.2, 0) is 20.6 Å². The third kappa shape index (κ3) is 3.46. The van der Waals surface area contributed by atoms with E-state index in [9.17, 15) is 14.0 Å². The Morgan fingerprint density at radius 1 is 1.03 bits per heavy atom. The fraction of sp³-hybridized carbons (Fsp3) is 0.130. The van der Waals surface area contributed by atoms with Crippen molar-refractivity contribution in [3.05, 3.63) is 92.0 Å². The van der Waals surface area contributed by atoms with E-state index in [1.54, 1.807) is 31.4 Å². The molecule has 10 heteroatoms. The van der Waals surface area contributed by atoms with Crippen LogP contribution in [0.4, 0.5) is 4.39 Å². The van der Waals surface area contributed by atoms with Crippen molar-refractivity contribution in [2.75, 3.05) is 0 Å². The van der Waals surface area contributed by atoms with E-state index in [1.165, 1.54) is 40.4 Å². The summed E-state index contributed by atoms with van der Waals surface area (Å²) in [4.78, 5) is 34.9. The molecule has 0 bridgehead atoms. The topological polar surface area (TPSA) is 83.9 Å². The lowest BCUT2D eigenvalue weighted by Crippen LogP contribution is -2.39. The molecule has 3 aromatic heterocycles. The third-order valence-corrected chi connectivity index (χ3v) is 5.78. The van der Waals surface area contributed by atoms with Crippen molar-refractivity contribution in [3.63, 3.8) is 0 Å². The fourth-order valence-electron chi connectivity index (χ4n) is 3.72. The fourth-order valence-corrected chi connectivity index (χ4v) is 3.93. The Morgan fingerprint density at radius 2 is 1.79 bits per heavy atom. The molecule has 3 heterocycles. The van der Waals surface area contributed by atoms with Gasteiger partial charge in [0.2, 0.25) is 0 Å². The summed E-state index contributed by atoms with van der Waals surface area (Å²) < 4.78 is 23.1. The van der Waals surface area contributed by atoms with Crippen molar-refractivity contribution < 1.29 is 9.13 Å². The molecule has 0 aliphatic rings. The highest BCUT2D eigenvalue weighted by Gasteiger charge is 2.20. The summed E-state index contributed by atoms with van der Waals surface area (Å²) in [5.41, 5.74) is 0.470. The maximum atomic E-state index is 13.2. The minimum atomic E-state index is -0.542. The molecule has 8 nitrogen and oxygen atoms in total. The van der Waals surface area contributed by atoms with Crippen molar-refractivity contribution in [2.24, 2.45) is 14.1 Å². The Labute approximate surface area is 191 Å². The Balaban J connectivity index is 1.64. The lowest BCUT2D eigenvalue weighted by atomic mass is 10.2. The van der Waals surface area contributed by atoms with E-state index in [1.807, 2.05) is 6.07 Å². The number of fused-ring (bicyclic) bond motifs is 2. The molecular formula is C23H17ClFN5O3. The average Bonchev–Trinajstić information content (AvgIpc) is 3.14. The van der Waals surface area contributed by atoms with Gasteiger partial charge in [-0.05, 0) is 42.0 Å². The molecule has 0 saturated heterocycles. The monoisotopic (exact) mass is 465 g/mol. The van der Waals surface area contributed by atoms with Gasteiger partial charge in [0.25, 0.3) is 5.56 Å². The second-order valence-electron chi connectivity index (χ2n) is 7.53. The average molecular weight is 466 g/mol. The molecule has 5 aromatic rings. The van der Waals surface area contributed by atoms with E-state index in [2.05, 4.69) is 9.97 Å². The molecule has 0 fully saturated rings. The van der Waals surface area contributed by atoms with E-state index >= 15 is 0 Å². The van der Waals surface area contributed by atoms with Crippen LogP contribution in [-0.4, -0.2) is 23.7 Å². The van der Waals surface area contributed by atoms with E-state index < -0.39 is 17.1 Å². The molecule has 5 rings (SSSR count). The van der Waals surface area contributed by atoms with E-state index in [0.717, 1.165) is 4.57 Å². The number of nitrogens with zero attached hydrogens (tertiary/aromatic N) is 5. The number of hydrogen-bond acceptors (Lipinski definition) is 5. The molecule has 0 N–H and O–H groups in total. The van der Waals surface area contributed by atoms with Gasteiger partial charge >= 0.3 is 11.7 Å². The highest BCUT2D eigenvalue weighted by Crippen LogP contribution is 2.32. The highest BCUT2D eigenvalue weighted by molar-refractivity contribution is 6.35. The summed E-state index contributed by atoms with van der Waals surface area (Å²) in [6.45, 7) is -0.00512. The minimum Gasteiger partial charge on any atom is -0.423 e. The first-order valence-corrected chi connectivity index (χ1v) is 10.3. The number of hydrogen-bond donors (Lipinski definition) is 0. The third-order valence-electron chi connectivity index (χ3n) is 5.45. The number of halogens is 2. The molecule has 0 amide bonds. The van der Waals surface area contributed by atoms with Crippen LogP contribution < -0.4 is 16.0 Å². The summed E-state index contributed by atoms with van der Waals surface area (Å²) in [5.74, 6) is 0.0112. The van der Waals surface area contributed by atoms with Gasteiger partial charge in [0.1, 0.15) is 11.3 Å². The van der Waals surface area contributed by atoms with Gasteiger partial charge in [-0.3, -0.25) is 23.5 Å². The maximum absolute atomic E-state index is 13.2. The van der Waals surface area contributed by atoms with Gasteiger partial charge in [-0.2, -0.15) is 4.98 Å². The number of benzene rings is 2. The molecule has 166 valence electrons. The largest absolute Gasteiger partial charge is 0.423 e. The summed E-state index contributed by atoms with van der Waals surface area (Å²) >= 11 is 6.26. The molecule has 0 unspecified atom stereocenters. The number of aromatic nitrogens is 5. The van der Waals surface area contributed by atoms with Gasteiger partial charge in [0.15, 0.2) is 16.9 Å². The Kier molecular flexibility index (Phi) is 4.98. The first kappa shape index (κ1) is 20.9. The predicted molar refractivity (Wildman–Crippen MR) is 123 cm³/mol. The van der Waals surface area contributed by atoms with Crippen LogP contribution in [0, 0.1) is 5.82 Å². The number of rotatable bonds is 4. The quantitative estimate of drug-likeness (QED) is 0.405. The maximum Gasteiger partial charge on any atom is 0.332 e. The van der Waals surface area contributed by atoms with Gasteiger partial charge < -0.3 is 4.74 Å². The second kappa shape index (κ2) is 7.86. The van der Waals surface area contributed by atoms with Crippen molar-refractivity contribution in [1.29, 1.82) is 0 Å². The van der Waals surface area contributed by atoms with E-state index in [0.29, 0.717) is 27.2 Å². The van der Waals surface area contributed by atoms with E-state index in [4.69, 9.17) is 16.3 Å². The summed E-state index contributed by atoms with van der Waals surface area (Å²) in [6.07, 6.45) is 1.62. The van der Waals surface area contributed by atoms with Crippen LogP contribution in [0.1, 0.15) is 5.56 Å². The van der Waals surface area contributed by atoms with Crippen LogP contribution in [0.15, 0.2) is 64.3 Å². The van der Waals surface area contributed by atoms with Gasteiger partial charge in [-0.15, -0.1) is 0 Å². The molecule has 0 radical (unpaired) electrons. The minimum absolute atomic E-state index is 0.00512. The Bertz CT molecular complexity index is 1650. The molecule has 2 aromatic carbocycles. The van der Waals surface area contributed by atoms with Crippen LogP contribution in [0.5, 0.6) is 11.8 Å². The normalized spacial score (nSPS) is 11.4. The van der Waals surface area contributed by atoms with Crippen molar-refractivity contribution in [3.8, 4) is 11.8 Å². The summed E-state index contributed by atoms with van der Waals surface area (Å²) in [7, 11) is 3.16. The molecule has 0 saturated carbocycles. The van der Waals surface area contributed by atoms with Crippen molar-refractivity contribution >= 4 is 33.7 Å². The second-order valence-corrected chi connectivity index (χ2v) is 7.94. The number of pyridine rings is 1. The molecule has 0 aliphatic heterocycles. The van der Waals surface area contributed by atoms with Crippen LogP contribution in [0.3, 0.4) is 0 Å². The lowest BCUT2D eigenvalue weighted by molar-refractivity contribution is 0.431. The van der Waals surface area contributed by atoms with Gasteiger partial charge in [-0.1, -0.05) is 23.7 Å². The zero-order chi connectivity index (χ0) is 23.3. The number of aryl methyl sites for hydroxylation is 2. The smallest absolute Gasteiger partial charge is 0.332 e. The Hall–Kier alpha value is -3.98. The summed E-state index contributed by atoms with van der Waals surface area (Å²) in [5, 5.41) is 1.24. The Morgan fingerprint density at radius 3 is 2.55 bits per heavy atom. The predicted octanol–water partition coefficient (Wildman–Crippen LogP) is 3.62. The van der Waals surface area contributed by atoms with Crippen LogP contribution in [0.25, 0.3) is 22.1 Å². The molecule has 33 heavy (non-hydrogen) atoms. The van der Waals surface area contributed by atoms with Crippen LogP contribution >= 0.6 is 11.6 Å². The van der Waals surface area contributed by atoms with Crippen LogP contribution in [0.2, 0.25) is 5.02 Å². The van der Waals surface area contributed by atoms with E-state index in [-0.39, 0.29) is 23.7 Å². The molecule has 0 spiro atoms. The van der Waals surface area contributed by atoms with Crippen molar-refractivity contribution in [2.45, 2.75) is 6.54 Å². The van der Waals surface area contributed by atoms with Gasteiger partial charge in [-0.25, -0.2) is 9.18 Å². The number of imidazole rings is 1. The summed E-state index contributed by atoms with van der Waals surface area (Å²) in [6, 6.07) is 12.7. The first-order chi connectivity index (χ1) is 15.8.